The van der Waals surface area contributed by atoms with Crippen LogP contribution in [-0.2, 0) is 24.8 Å². The second-order valence-corrected chi connectivity index (χ2v) is 10.2. The van der Waals surface area contributed by atoms with E-state index >= 15 is 0 Å². The first-order chi connectivity index (χ1) is 17.4. The Bertz CT molecular complexity index is 1490. The lowest BCUT2D eigenvalue weighted by molar-refractivity contribution is 0.155. The molecule has 1 amide bonds. The van der Waals surface area contributed by atoms with Gasteiger partial charge >= 0.3 is 6.09 Å². The molecule has 36 heavy (non-hydrogen) atoms. The molecular formula is C26H21F2N3O3S2. The first-order valence-electron chi connectivity index (χ1n) is 11.1. The van der Waals surface area contributed by atoms with Crippen LogP contribution in [0.25, 0.3) is 30.3 Å². The number of nitrogens with zero attached hydrogens (tertiary/aromatic N) is 2. The monoisotopic (exact) mass is 525 g/mol. The van der Waals surface area contributed by atoms with Crippen molar-refractivity contribution < 1.29 is 23.4 Å². The molecule has 0 aliphatic heterocycles. The fourth-order valence-electron chi connectivity index (χ4n) is 3.83. The molecular weight excluding hydrogens is 504 g/mol. The van der Waals surface area contributed by atoms with E-state index < -0.39 is 17.7 Å². The number of anilines is 1. The number of carbonyl (C=O) groups excluding carboxylic acids is 1. The molecule has 5 rings (SSSR count). The Hall–Kier alpha value is -3.60. The quantitative estimate of drug-likeness (QED) is 0.251. The fraction of sp³-hybridized carbons (Fsp3) is 0.154. The predicted octanol–water partition coefficient (Wildman–Crippen LogP) is 6.59. The van der Waals surface area contributed by atoms with Gasteiger partial charge in [0.05, 0.1) is 11.8 Å². The van der Waals surface area contributed by atoms with E-state index in [1.54, 1.807) is 17.9 Å². The Morgan fingerprint density at radius 1 is 1.06 bits per heavy atom. The third-order valence-electron chi connectivity index (χ3n) is 5.63. The van der Waals surface area contributed by atoms with Gasteiger partial charge in [-0.05, 0) is 35.4 Å². The van der Waals surface area contributed by atoms with E-state index in [0.29, 0.717) is 11.4 Å². The number of amides is 1. The maximum Gasteiger partial charge on any atom is 0.413 e. The van der Waals surface area contributed by atoms with E-state index in [9.17, 15) is 13.6 Å². The number of benzene rings is 2. The summed E-state index contributed by atoms with van der Waals surface area (Å²) in [6, 6.07) is 15.9. The Labute approximate surface area is 213 Å². The lowest BCUT2D eigenvalue weighted by Gasteiger charge is -2.09. The van der Waals surface area contributed by atoms with Crippen LogP contribution in [0.4, 0.5) is 19.4 Å². The fourth-order valence-corrected chi connectivity index (χ4v) is 6.22. The van der Waals surface area contributed by atoms with Crippen molar-refractivity contribution in [2.45, 2.75) is 13.0 Å². The zero-order valence-electron chi connectivity index (χ0n) is 19.1. The Kier molecular flexibility index (Phi) is 6.82. The van der Waals surface area contributed by atoms with Gasteiger partial charge in [0.25, 0.3) is 0 Å². The van der Waals surface area contributed by atoms with E-state index in [-0.39, 0.29) is 25.2 Å². The molecule has 0 bridgehead atoms. The number of aryl methyl sites for hydroxylation is 1. The maximum absolute atomic E-state index is 14.4. The number of fused-ring (bicyclic) bond motifs is 1. The minimum absolute atomic E-state index is 0.0673. The molecule has 5 aromatic rings. The highest BCUT2D eigenvalue weighted by Crippen LogP contribution is 2.43. The van der Waals surface area contributed by atoms with Crippen molar-refractivity contribution in [1.29, 1.82) is 0 Å². The number of aromatic nitrogens is 2. The van der Waals surface area contributed by atoms with Crippen molar-refractivity contribution in [2.75, 3.05) is 11.9 Å². The topological polar surface area (TPSA) is 76.4 Å². The van der Waals surface area contributed by atoms with Crippen LogP contribution < -0.4 is 5.32 Å². The first-order valence-corrected chi connectivity index (χ1v) is 12.7. The summed E-state index contributed by atoms with van der Waals surface area (Å²) in [4.78, 5) is 14.1. The molecule has 0 fully saturated rings. The zero-order valence-corrected chi connectivity index (χ0v) is 20.8. The lowest BCUT2D eigenvalue weighted by Crippen LogP contribution is -2.16. The molecule has 0 saturated heterocycles. The summed E-state index contributed by atoms with van der Waals surface area (Å²) in [7, 11) is 1.73. The van der Waals surface area contributed by atoms with Crippen LogP contribution in [0.2, 0.25) is 0 Å². The number of rotatable bonds is 7. The second kappa shape index (κ2) is 10.2. The van der Waals surface area contributed by atoms with Gasteiger partial charge in [-0.15, -0.1) is 22.7 Å². The largest absolute Gasteiger partial charge is 0.444 e. The summed E-state index contributed by atoms with van der Waals surface area (Å²) in [6.45, 7) is -0.166. The number of halogens is 2. The molecule has 0 saturated carbocycles. The molecule has 3 heterocycles. The Morgan fingerprint density at radius 2 is 1.72 bits per heavy atom. The number of ether oxygens (including phenoxy) is 1. The van der Waals surface area contributed by atoms with E-state index in [1.165, 1.54) is 34.8 Å². The minimum atomic E-state index is -0.665. The van der Waals surface area contributed by atoms with Gasteiger partial charge in [0.2, 0.25) is 0 Å². The molecule has 10 heteroatoms. The number of aliphatic hydroxyl groups is 1. The lowest BCUT2D eigenvalue weighted by atomic mass is 10.1. The van der Waals surface area contributed by atoms with Crippen LogP contribution in [0.5, 0.6) is 0 Å². The zero-order chi connectivity index (χ0) is 25.2. The molecule has 184 valence electrons. The maximum atomic E-state index is 14.4. The average Bonchev–Trinajstić information content (AvgIpc) is 3.54. The molecule has 0 spiro atoms. The van der Waals surface area contributed by atoms with Crippen molar-refractivity contribution in [3.05, 3.63) is 83.6 Å². The highest BCUT2D eigenvalue weighted by atomic mass is 32.1. The van der Waals surface area contributed by atoms with Gasteiger partial charge in [-0.2, -0.15) is 5.10 Å². The molecule has 0 aliphatic carbocycles. The van der Waals surface area contributed by atoms with Crippen LogP contribution in [0.3, 0.4) is 0 Å². The van der Waals surface area contributed by atoms with Crippen LogP contribution in [0.1, 0.15) is 11.1 Å². The molecule has 3 aromatic heterocycles. The highest BCUT2D eigenvalue weighted by Gasteiger charge is 2.19. The van der Waals surface area contributed by atoms with E-state index in [2.05, 4.69) is 10.4 Å². The summed E-state index contributed by atoms with van der Waals surface area (Å²) in [5.74, 6) is -0.825. The number of thiophene rings is 2. The van der Waals surface area contributed by atoms with Crippen molar-refractivity contribution in [2.24, 2.45) is 7.05 Å². The van der Waals surface area contributed by atoms with Gasteiger partial charge in [-0.3, -0.25) is 10.00 Å². The van der Waals surface area contributed by atoms with Gasteiger partial charge in [0.1, 0.15) is 24.1 Å². The molecule has 2 aromatic carbocycles. The summed E-state index contributed by atoms with van der Waals surface area (Å²) in [5.41, 5.74) is 1.97. The smallest absolute Gasteiger partial charge is 0.413 e. The number of carbonyl (C=O) groups is 1. The number of hydrogen-bond donors (Lipinski definition) is 2. The van der Waals surface area contributed by atoms with Crippen LogP contribution in [-0.4, -0.2) is 27.6 Å². The second-order valence-electron chi connectivity index (χ2n) is 8.06. The highest BCUT2D eigenvalue weighted by molar-refractivity contribution is 7.31. The molecule has 0 atom stereocenters. The molecule has 2 N–H and O–H groups in total. The van der Waals surface area contributed by atoms with E-state index in [1.807, 2.05) is 42.5 Å². The minimum Gasteiger partial charge on any atom is -0.444 e. The molecule has 6 nitrogen and oxygen atoms in total. The van der Waals surface area contributed by atoms with E-state index in [0.717, 1.165) is 30.3 Å². The average molecular weight is 526 g/mol. The van der Waals surface area contributed by atoms with Gasteiger partial charge < -0.3 is 9.84 Å². The van der Waals surface area contributed by atoms with Gasteiger partial charge in [0.15, 0.2) is 0 Å². The molecule has 0 radical (unpaired) electrons. The van der Waals surface area contributed by atoms with Crippen molar-refractivity contribution in [3.8, 4) is 20.9 Å². The third kappa shape index (κ3) is 4.88. The van der Waals surface area contributed by atoms with Crippen LogP contribution >= 0.6 is 22.7 Å². The van der Waals surface area contributed by atoms with Gasteiger partial charge in [0, 0.05) is 44.8 Å². The van der Waals surface area contributed by atoms with Crippen molar-refractivity contribution in [3.63, 3.8) is 0 Å². The predicted molar refractivity (Wildman–Crippen MR) is 138 cm³/mol. The summed E-state index contributed by atoms with van der Waals surface area (Å²) in [5, 5.41) is 16.1. The van der Waals surface area contributed by atoms with Crippen LogP contribution in [0.15, 0.2) is 60.8 Å². The standard InChI is InChI=1S/C26H21F2N3O3S2/c1-31-25(30-26(33)34-14-15-5-3-2-4-6-15)18(13-29-31)22-12-24-23(36-22)11-21(35-24)16-9-19(27)17(7-8-32)20(28)10-16/h2-6,9-13,32H,7-8,14H2,1H3,(H,30,33). The van der Waals surface area contributed by atoms with E-state index in [4.69, 9.17) is 9.84 Å². The van der Waals surface area contributed by atoms with Gasteiger partial charge in [-0.1, -0.05) is 30.3 Å². The van der Waals surface area contributed by atoms with Crippen molar-refractivity contribution >= 4 is 44.0 Å². The van der Waals surface area contributed by atoms with Crippen LogP contribution in [0, 0.1) is 11.6 Å². The Morgan fingerprint density at radius 3 is 2.42 bits per heavy atom. The number of aliphatic hydroxyl groups excluding tert-OH is 1. The normalized spacial score (nSPS) is 11.2. The summed E-state index contributed by atoms with van der Waals surface area (Å²) >= 11 is 2.92. The summed E-state index contributed by atoms with van der Waals surface area (Å²) in [6.07, 6.45) is 1.02. The Balaban J connectivity index is 1.36. The third-order valence-corrected chi connectivity index (χ3v) is 8.01. The SMILES string of the molecule is Cn1ncc(-c2cc3sc(-c4cc(F)c(CCO)c(F)c4)cc3s2)c1NC(=O)OCc1ccccc1. The summed E-state index contributed by atoms with van der Waals surface area (Å²) < 4.78 is 37.5. The molecule has 0 unspecified atom stereocenters. The molecule has 0 aliphatic rings. The van der Waals surface area contributed by atoms with Gasteiger partial charge in [-0.25, -0.2) is 13.6 Å². The number of nitrogens with one attached hydrogen (secondary N) is 1. The first kappa shape index (κ1) is 24.1. The van der Waals surface area contributed by atoms with Crippen molar-refractivity contribution in [1.82, 2.24) is 9.78 Å². The number of hydrogen-bond acceptors (Lipinski definition) is 6.